The Morgan fingerprint density at radius 2 is 1.92 bits per heavy atom. The molecule has 2 N–H and O–H groups in total. The van der Waals surface area contributed by atoms with E-state index in [1.807, 2.05) is 37.3 Å². The molecule has 7 nitrogen and oxygen atoms in total. The lowest BCUT2D eigenvalue weighted by molar-refractivity contribution is -0.130. The van der Waals surface area contributed by atoms with Gasteiger partial charge in [0.15, 0.2) is 5.96 Å². The van der Waals surface area contributed by atoms with Crippen molar-refractivity contribution in [1.29, 1.82) is 0 Å². The van der Waals surface area contributed by atoms with Crippen LogP contribution in [0.3, 0.4) is 0 Å². The largest absolute Gasteiger partial charge is 0.357 e. The van der Waals surface area contributed by atoms with Gasteiger partial charge in [-0.1, -0.05) is 0 Å². The number of aromatic nitrogens is 2. The first kappa shape index (κ1) is 24.7. The highest BCUT2D eigenvalue weighted by Crippen LogP contribution is 2.02. The zero-order chi connectivity index (χ0) is 18.7. The van der Waals surface area contributed by atoms with Crippen LogP contribution in [0.15, 0.2) is 11.1 Å². The summed E-state index contributed by atoms with van der Waals surface area (Å²) in [5.41, 5.74) is 2.23. The minimum atomic E-state index is 0. The van der Waals surface area contributed by atoms with Gasteiger partial charge in [-0.25, -0.2) is 0 Å². The van der Waals surface area contributed by atoms with Crippen LogP contribution in [0.1, 0.15) is 45.0 Å². The van der Waals surface area contributed by atoms with E-state index in [0.717, 1.165) is 50.8 Å². The van der Waals surface area contributed by atoms with Gasteiger partial charge < -0.3 is 15.5 Å². The van der Waals surface area contributed by atoms with Gasteiger partial charge in [0, 0.05) is 51.4 Å². The van der Waals surface area contributed by atoms with Crippen molar-refractivity contribution in [2.75, 3.05) is 32.7 Å². The van der Waals surface area contributed by atoms with E-state index in [1.54, 1.807) is 0 Å². The maximum absolute atomic E-state index is 12.0. The van der Waals surface area contributed by atoms with E-state index in [-0.39, 0.29) is 29.9 Å². The van der Waals surface area contributed by atoms with Crippen molar-refractivity contribution in [3.8, 4) is 0 Å². The van der Waals surface area contributed by atoms with E-state index in [2.05, 4.69) is 33.7 Å². The average molecular weight is 478 g/mol. The van der Waals surface area contributed by atoms with Crippen LogP contribution >= 0.6 is 24.0 Å². The Labute approximate surface area is 175 Å². The van der Waals surface area contributed by atoms with E-state index in [4.69, 9.17) is 0 Å². The molecule has 0 atom stereocenters. The second kappa shape index (κ2) is 13.8. The zero-order valence-corrected chi connectivity index (χ0v) is 19.2. The number of aryl methyl sites for hydroxylation is 3. The highest BCUT2D eigenvalue weighted by molar-refractivity contribution is 14.0. The normalized spacial score (nSPS) is 11.0. The van der Waals surface area contributed by atoms with Gasteiger partial charge in [-0.15, -0.1) is 24.0 Å². The molecule has 0 bridgehead atoms. The summed E-state index contributed by atoms with van der Waals surface area (Å²) in [5.74, 6) is 0.945. The summed E-state index contributed by atoms with van der Waals surface area (Å²) < 4.78 is 2.02. The van der Waals surface area contributed by atoms with Gasteiger partial charge in [0.1, 0.15) is 0 Å². The number of guanidine groups is 1. The van der Waals surface area contributed by atoms with Crippen LogP contribution in [0.5, 0.6) is 0 Å². The molecule has 0 aromatic carbocycles. The second-order valence-corrected chi connectivity index (χ2v) is 6.01. The molecule has 0 unspecified atom stereocenters. The third-order valence-corrected chi connectivity index (χ3v) is 3.99. The van der Waals surface area contributed by atoms with Crippen molar-refractivity contribution in [3.63, 3.8) is 0 Å². The van der Waals surface area contributed by atoms with Crippen LogP contribution in [0.25, 0.3) is 0 Å². The van der Waals surface area contributed by atoms with Crippen molar-refractivity contribution in [3.05, 3.63) is 17.5 Å². The molecule has 26 heavy (non-hydrogen) atoms. The third-order valence-electron chi connectivity index (χ3n) is 3.99. The molecule has 1 heterocycles. The van der Waals surface area contributed by atoms with Crippen LogP contribution in [-0.4, -0.2) is 59.3 Å². The van der Waals surface area contributed by atoms with Crippen LogP contribution in [0.4, 0.5) is 0 Å². The Kier molecular flexibility index (Phi) is 13.1. The molecule has 0 aliphatic heterocycles. The van der Waals surface area contributed by atoms with Crippen LogP contribution in [0, 0.1) is 13.8 Å². The highest BCUT2D eigenvalue weighted by atomic mass is 127. The van der Waals surface area contributed by atoms with Gasteiger partial charge >= 0.3 is 0 Å². The Morgan fingerprint density at radius 1 is 1.23 bits per heavy atom. The summed E-state index contributed by atoms with van der Waals surface area (Å²) >= 11 is 0. The number of rotatable bonds is 10. The van der Waals surface area contributed by atoms with Gasteiger partial charge in [-0.05, 0) is 47.1 Å². The number of carbonyl (C=O) groups is 1. The number of hydrogen-bond donors (Lipinski definition) is 2. The first-order valence-corrected chi connectivity index (χ1v) is 9.32. The number of nitrogens with zero attached hydrogens (tertiary/aromatic N) is 4. The monoisotopic (exact) mass is 478 g/mol. The van der Waals surface area contributed by atoms with Crippen molar-refractivity contribution in [2.24, 2.45) is 4.99 Å². The molecule has 0 saturated heterocycles. The molecule has 1 rings (SSSR count). The summed E-state index contributed by atoms with van der Waals surface area (Å²) in [7, 11) is 0. The first-order chi connectivity index (χ1) is 12.0. The number of hydrogen-bond acceptors (Lipinski definition) is 3. The maximum atomic E-state index is 12.0. The number of nitrogens with one attached hydrogen (secondary N) is 2. The first-order valence-electron chi connectivity index (χ1n) is 9.32. The molecule has 150 valence electrons. The standard InChI is InChI=1S/C18H34N6O.HI/c1-6-19-18(21-12-10-17(25)23(7-2)8-3)20-11-9-13-24-16(5)14-15(4)22-24;/h14H,6-13H2,1-5H3,(H2,19,20,21);1H. The fourth-order valence-electron chi connectivity index (χ4n) is 2.68. The molecular weight excluding hydrogens is 443 g/mol. The summed E-state index contributed by atoms with van der Waals surface area (Å²) in [6.07, 6.45) is 1.41. The fraction of sp³-hybridized carbons (Fsp3) is 0.722. The van der Waals surface area contributed by atoms with E-state index in [1.165, 1.54) is 5.69 Å². The predicted molar refractivity (Wildman–Crippen MR) is 118 cm³/mol. The third kappa shape index (κ3) is 8.86. The number of halogens is 1. The Balaban J connectivity index is 0.00000625. The number of amides is 1. The van der Waals surface area contributed by atoms with Crippen LogP contribution < -0.4 is 10.6 Å². The van der Waals surface area contributed by atoms with Gasteiger partial charge in [0.2, 0.25) is 5.91 Å². The lowest BCUT2D eigenvalue weighted by Crippen LogP contribution is -2.40. The van der Waals surface area contributed by atoms with Gasteiger partial charge in [0.25, 0.3) is 0 Å². The second-order valence-electron chi connectivity index (χ2n) is 6.01. The lowest BCUT2D eigenvalue weighted by Gasteiger charge is -2.19. The molecule has 0 aliphatic rings. The Bertz CT molecular complexity index is 554. The zero-order valence-electron chi connectivity index (χ0n) is 16.8. The van der Waals surface area contributed by atoms with Gasteiger partial charge in [-0.3, -0.25) is 14.5 Å². The lowest BCUT2D eigenvalue weighted by atomic mass is 10.3. The van der Waals surface area contributed by atoms with Crippen LogP contribution in [0.2, 0.25) is 0 Å². The molecule has 1 aromatic rings. The van der Waals surface area contributed by atoms with Crippen molar-refractivity contribution < 1.29 is 4.79 Å². The average Bonchev–Trinajstić information content (AvgIpc) is 2.90. The predicted octanol–water partition coefficient (Wildman–Crippen LogP) is 2.32. The summed E-state index contributed by atoms with van der Waals surface area (Å²) in [5, 5.41) is 10.9. The molecule has 0 aliphatic carbocycles. The highest BCUT2D eigenvalue weighted by Gasteiger charge is 2.09. The molecule has 0 radical (unpaired) electrons. The van der Waals surface area contributed by atoms with Crippen molar-refractivity contribution >= 4 is 35.8 Å². The number of aliphatic imine (C=N–C) groups is 1. The SMILES string of the molecule is CCNC(=NCCCn1nc(C)cc1C)NCCC(=O)N(CC)CC.I. The van der Waals surface area contributed by atoms with Gasteiger partial charge in [-0.2, -0.15) is 5.10 Å². The molecule has 1 amide bonds. The molecule has 0 spiro atoms. The molecule has 0 saturated carbocycles. The fourth-order valence-corrected chi connectivity index (χ4v) is 2.68. The number of carbonyl (C=O) groups excluding carboxylic acids is 1. The van der Waals surface area contributed by atoms with Crippen LogP contribution in [-0.2, 0) is 11.3 Å². The summed E-state index contributed by atoms with van der Waals surface area (Å²) in [6, 6.07) is 2.09. The maximum Gasteiger partial charge on any atom is 0.224 e. The van der Waals surface area contributed by atoms with E-state index >= 15 is 0 Å². The summed E-state index contributed by atoms with van der Waals surface area (Å²) in [4.78, 5) is 18.4. The Hall–Kier alpha value is -1.32. The molecular formula is C18H35IN6O. The van der Waals surface area contributed by atoms with E-state index in [9.17, 15) is 4.79 Å². The minimum Gasteiger partial charge on any atom is -0.357 e. The minimum absolute atomic E-state index is 0. The quantitative estimate of drug-likeness (QED) is 0.234. The van der Waals surface area contributed by atoms with Crippen molar-refractivity contribution in [2.45, 2.75) is 54.0 Å². The smallest absolute Gasteiger partial charge is 0.224 e. The van der Waals surface area contributed by atoms with Crippen molar-refractivity contribution in [1.82, 2.24) is 25.3 Å². The van der Waals surface area contributed by atoms with E-state index < -0.39 is 0 Å². The molecule has 8 heteroatoms. The topological polar surface area (TPSA) is 74.5 Å². The Morgan fingerprint density at radius 3 is 2.46 bits per heavy atom. The van der Waals surface area contributed by atoms with E-state index in [0.29, 0.717) is 13.0 Å². The summed E-state index contributed by atoms with van der Waals surface area (Å²) in [6.45, 7) is 14.6. The molecule has 1 aromatic heterocycles. The van der Waals surface area contributed by atoms with Gasteiger partial charge in [0.05, 0.1) is 5.69 Å². The molecule has 0 fully saturated rings.